The first-order valence-corrected chi connectivity index (χ1v) is 12.1. The van der Waals surface area contributed by atoms with E-state index in [0.29, 0.717) is 12.1 Å². The maximum absolute atomic E-state index is 12.9. The summed E-state index contributed by atoms with van der Waals surface area (Å²) in [6, 6.07) is 10.7. The first kappa shape index (κ1) is 27.5. The van der Waals surface area contributed by atoms with Gasteiger partial charge >= 0.3 is 11.9 Å². The molecule has 0 aliphatic heterocycles. The van der Waals surface area contributed by atoms with E-state index in [4.69, 9.17) is 32.7 Å². The largest absolute Gasteiger partial charge is 0.469 e. The second-order valence-electron chi connectivity index (χ2n) is 9.23. The molecule has 192 valence electrons. The van der Waals surface area contributed by atoms with E-state index < -0.39 is 29.3 Å². The summed E-state index contributed by atoms with van der Waals surface area (Å²) in [5.74, 6) is -2.48. The molecule has 1 aliphatic rings. The van der Waals surface area contributed by atoms with Crippen molar-refractivity contribution >= 4 is 52.6 Å². The highest BCUT2D eigenvalue weighted by Gasteiger charge is 2.55. The van der Waals surface area contributed by atoms with E-state index in [9.17, 15) is 19.2 Å². The molecule has 0 saturated heterocycles. The Kier molecular flexibility index (Phi) is 8.63. The zero-order valence-electron chi connectivity index (χ0n) is 20.4. The maximum Gasteiger partial charge on any atom is 0.328 e. The molecule has 2 aromatic rings. The molecule has 3 atom stereocenters. The van der Waals surface area contributed by atoms with Crippen molar-refractivity contribution in [3.8, 4) is 0 Å². The van der Waals surface area contributed by atoms with Gasteiger partial charge in [-0.15, -0.1) is 0 Å². The molecular weight excluding hydrogens is 507 g/mol. The van der Waals surface area contributed by atoms with Crippen LogP contribution in [0.1, 0.15) is 36.2 Å². The van der Waals surface area contributed by atoms with E-state index in [1.807, 2.05) is 13.8 Å². The Balaban J connectivity index is 1.65. The molecule has 0 radical (unpaired) electrons. The number of benzene rings is 2. The van der Waals surface area contributed by atoms with Gasteiger partial charge in [-0.1, -0.05) is 55.2 Å². The van der Waals surface area contributed by atoms with Gasteiger partial charge in [0.2, 0.25) is 5.91 Å². The Bertz CT molecular complexity index is 1170. The predicted octanol–water partition coefficient (Wildman–Crippen LogP) is 4.28. The van der Waals surface area contributed by atoms with E-state index in [1.165, 1.54) is 14.2 Å². The normalized spacial score (nSPS) is 18.8. The molecule has 36 heavy (non-hydrogen) atoms. The van der Waals surface area contributed by atoms with Crippen LogP contribution >= 0.6 is 23.2 Å². The van der Waals surface area contributed by atoms with Crippen molar-refractivity contribution in [2.24, 2.45) is 17.3 Å². The Morgan fingerprint density at radius 3 is 2.25 bits per heavy atom. The lowest BCUT2D eigenvalue weighted by molar-refractivity contribution is -0.167. The first-order chi connectivity index (χ1) is 17.0. The van der Waals surface area contributed by atoms with E-state index in [2.05, 4.69) is 10.6 Å². The highest BCUT2D eigenvalue weighted by molar-refractivity contribution is 6.44. The zero-order chi connectivity index (χ0) is 26.6. The molecular formula is C26H28Cl2N2O6. The first-order valence-electron chi connectivity index (χ1n) is 11.3. The lowest BCUT2D eigenvalue weighted by Gasteiger charge is -2.49. The van der Waals surface area contributed by atoms with E-state index in [-0.39, 0.29) is 39.8 Å². The molecule has 3 rings (SSSR count). The number of methoxy groups -OCH3 is 2. The van der Waals surface area contributed by atoms with Crippen LogP contribution in [0.3, 0.4) is 0 Å². The quantitative estimate of drug-likeness (QED) is 0.489. The standard InChI is InChI=1S/C26H28Cl2N2O6/c1-26(2)17(13-18(26)24(33)35-3)23(32)30-20(25(34)36-4)12-14-8-10-15(11-9-14)29-22(31)16-6-5-7-19(27)21(16)28/h5-11,17-18,20H,12-13H2,1-4H3,(H,29,31)(H,30,32)/t17-,18+,20+/m1/s1. The number of esters is 2. The molecule has 2 amide bonds. The molecule has 10 heteroatoms. The molecule has 1 fully saturated rings. The minimum Gasteiger partial charge on any atom is -0.469 e. The van der Waals surface area contributed by atoms with Crippen molar-refractivity contribution < 1.29 is 28.7 Å². The van der Waals surface area contributed by atoms with Gasteiger partial charge in [0.25, 0.3) is 5.91 Å². The fourth-order valence-electron chi connectivity index (χ4n) is 4.36. The molecule has 1 aliphatic carbocycles. The van der Waals surface area contributed by atoms with E-state index in [1.54, 1.807) is 42.5 Å². The second kappa shape index (κ2) is 11.3. The number of hydrogen-bond donors (Lipinski definition) is 2. The van der Waals surface area contributed by atoms with Crippen LogP contribution < -0.4 is 10.6 Å². The molecule has 0 spiro atoms. The van der Waals surface area contributed by atoms with Gasteiger partial charge in [0.05, 0.1) is 35.7 Å². The Hall–Kier alpha value is -3.10. The van der Waals surface area contributed by atoms with Gasteiger partial charge in [0.1, 0.15) is 6.04 Å². The third-order valence-corrected chi connectivity index (χ3v) is 7.54. The van der Waals surface area contributed by atoms with Gasteiger partial charge in [0, 0.05) is 18.0 Å². The average molecular weight is 535 g/mol. The minimum absolute atomic E-state index is 0.164. The number of ether oxygens (including phenoxy) is 2. The minimum atomic E-state index is -0.916. The molecule has 0 bridgehead atoms. The highest BCUT2D eigenvalue weighted by Crippen LogP contribution is 2.51. The van der Waals surface area contributed by atoms with E-state index >= 15 is 0 Å². The summed E-state index contributed by atoms with van der Waals surface area (Å²) in [6.45, 7) is 3.66. The Morgan fingerprint density at radius 2 is 1.67 bits per heavy atom. The van der Waals surface area contributed by atoms with Crippen LogP contribution in [0.25, 0.3) is 0 Å². The van der Waals surface area contributed by atoms with Crippen molar-refractivity contribution in [2.45, 2.75) is 32.7 Å². The number of carbonyl (C=O) groups is 4. The Labute approximate surface area is 219 Å². The zero-order valence-corrected chi connectivity index (χ0v) is 21.9. The number of halogens is 2. The van der Waals surface area contributed by atoms with Gasteiger partial charge < -0.3 is 20.1 Å². The van der Waals surface area contributed by atoms with Crippen LogP contribution in [0, 0.1) is 17.3 Å². The lowest BCUT2D eigenvalue weighted by atomic mass is 9.54. The number of nitrogens with one attached hydrogen (secondary N) is 2. The lowest BCUT2D eigenvalue weighted by Crippen LogP contribution is -2.57. The van der Waals surface area contributed by atoms with Crippen molar-refractivity contribution in [3.63, 3.8) is 0 Å². The van der Waals surface area contributed by atoms with Crippen molar-refractivity contribution in [1.29, 1.82) is 0 Å². The van der Waals surface area contributed by atoms with Crippen LogP contribution in [0.15, 0.2) is 42.5 Å². The summed E-state index contributed by atoms with van der Waals surface area (Å²) in [5.41, 5.74) is 0.909. The van der Waals surface area contributed by atoms with Crippen molar-refractivity contribution in [1.82, 2.24) is 5.32 Å². The monoisotopic (exact) mass is 534 g/mol. The van der Waals surface area contributed by atoms with Gasteiger partial charge in [-0.3, -0.25) is 14.4 Å². The molecule has 0 unspecified atom stereocenters. The highest BCUT2D eigenvalue weighted by atomic mass is 35.5. The maximum atomic E-state index is 12.9. The number of anilines is 1. The van der Waals surface area contributed by atoms with Crippen LogP contribution in [-0.4, -0.2) is 44.0 Å². The molecule has 0 aromatic heterocycles. The number of carbonyl (C=O) groups excluding carboxylic acids is 4. The Morgan fingerprint density at radius 1 is 1.00 bits per heavy atom. The summed E-state index contributed by atoms with van der Waals surface area (Å²) < 4.78 is 9.70. The van der Waals surface area contributed by atoms with E-state index in [0.717, 1.165) is 5.56 Å². The number of amides is 2. The summed E-state index contributed by atoms with van der Waals surface area (Å²) in [6.07, 6.45) is 0.533. The van der Waals surface area contributed by atoms with Crippen LogP contribution in [0.5, 0.6) is 0 Å². The van der Waals surface area contributed by atoms with Crippen LogP contribution in [0.4, 0.5) is 5.69 Å². The van der Waals surface area contributed by atoms with Crippen molar-refractivity contribution in [3.05, 3.63) is 63.6 Å². The van der Waals surface area contributed by atoms with Gasteiger partial charge in [-0.2, -0.15) is 0 Å². The van der Waals surface area contributed by atoms with Gasteiger partial charge in [-0.25, -0.2) is 4.79 Å². The molecule has 2 aromatic carbocycles. The number of rotatable bonds is 8. The van der Waals surface area contributed by atoms with Gasteiger partial charge in [0.15, 0.2) is 0 Å². The molecule has 2 N–H and O–H groups in total. The van der Waals surface area contributed by atoms with Gasteiger partial charge in [-0.05, 0) is 41.7 Å². The van der Waals surface area contributed by atoms with Crippen LogP contribution in [-0.2, 0) is 30.3 Å². The topological polar surface area (TPSA) is 111 Å². The summed E-state index contributed by atoms with van der Waals surface area (Å²) in [4.78, 5) is 49.8. The fourth-order valence-corrected chi connectivity index (χ4v) is 4.74. The SMILES string of the molecule is COC(=O)[C@H](Cc1ccc(NC(=O)c2cccc(Cl)c2Cl)cc1)NC(=O)[C@H]1C[C@@H](C(=O)OC)C1(C)C. The fraction of sp³-hybridized carbons (Fsp3) is 0.385. The number of hydrogen-bond acceptors (Lipinski definition) is 6. The average Bonchev–Trinajstić information content (AvgIpc) is 2.85. The third-order valence-electron chi connectivity index (χ3n) is 6.72. The smallest absolute Gasteiger partial charge is 0.328 e. The molecule has 1 saturated carbocycles. The summed E-state index contributed by atoms with van der Waals surface area (Å²) >= 11 is 12.1. The molecule has 0 heterocycles. The second-order valence-corrected chi connectivity index (χ2v) is 10.0. The van der Waals surface area contributed by atoms with Crippen molar-refractivity contribution in [2.75, 3.05) is 19.5 Å². The third kappa shape index (κ3) is 5.82. The van der Waals surface area contributed by atoms with Crippen LogP contribution in [0.2, 0.25) is 10.0 Å². The summed E-state index contributed by atoms with van der Waals surface area (Å²) in [5, 5.41) is 5.96. The predicted molar refractivity (Wildman–Crippen MR) is 136 cm³/mol. The molecule has 8 nitrogen and oxygen atoms in total. The summed E-state index contributed by atoms with van der Waals surface area (Å²) in [7, 11) is 2.57.